The van der Waals surface area contributed by atoms with Crippen molar-refractivity contribution in [2.45, 2.75) is 26.3 Å². The van der Waals surface area contributed by atoms with Crippen molar-refractivity contribution in [3.8, 4) is 0 Å². The van der Waals surface area contributed by atoms with E-state index in [4.69, 9.17) is 0 Å². The summed E-state index contributed by atoms with van der Waals surface area (Å²) in [6.45, 7) is 4.80. The lowest BCUT2D eigenvalue weighted by molar-refractivity contribution is -0.121. The first kappa shape index (κ1) is 15.2. The fourth-order valence-electron chi connectivity index (χ4n) is 2.87. The fourth-order valence-corrected chi connectivity index (χ4v) is 3.54. The maximum Gasteiger partial charge on any atom is 0.230 e. The number of benzene rings is 1. The van der Waals surface area contributed by atoms with Crippen molar-refractivity contribution in [2.75, 3.05) is 18.4 Å². The Balaban J connectivity index is 1.57. The lowest BCUT2D eigenvalue weighted by Crippen LogP contribution is -2.40. The Morgan fingerprint density at radius 1 is 1.41 bits per heavy atom. The molecule has 1 N–H and O–H groups in total. The van der Waals surface area contributed by atoms with Crippen molar-refractivity contribution in [1.82, 2.24) is 9.88 Å². The van der Waals surface area contributed by atoms with E-state index in [0.717, 1.165) is 37.4 Å². The number of anilines is 1. The zero-order chi connectivity index (χ0) is 15.4. The normalized spacial score (nSPS) is 19.0. The van der Waals surface area contributed by atoms with Gasteiger partial charge in [0.25, 0.3) is 0 Å². The van der Waals surface area contributed by atoms with Gasteiger partial charge in [-0.15, -0.1) is 11.3 Å². The minimum absolute atomic E-state index is 0.0571. The van der Waals surface area contributed by atoms with E-state index in [2.05, 4.69) is 39.5 Å². The SMILES string of the molecule is Cc1cnc(NC(=O)C2CCCN(Cc3ccccc3)C2)s1. The maximum atomic E-state index is 12.4. The molecule has 1 unspecified atom stereocenters. The van der Waals surface area contributed by atoms with E-state index in [1.807, 2.05) is 13.0 Å². The van der Waals surface area contributed by atoms with Gasteiger partial charge < -0.3 is 5.32 Å². The second kappa shape index (κ2) is 7.03. The molecule has 22 heavy (non-hydrogen) atoms. The molecule has 1 atom stereocenters. The van der Waals surface area contributed by atoms with E-state index in [1.54, 1.807) is 6.20 Å². The highest BCUT2D eigenvalue weighted by molar-refractivity contribution is 7.15. The number of rotatable bonds is 4. The first-order chi connectivity index (χ1) is 10.7. The highest BCUT2D eigenvalue weighted by Gasteiger charge is 2.26. The highest BCUT2D eigenvalue weighted by Crippen LogP contribution is 2.22. The van der Waals surface area contributed by atoms with Crippen LogP contribution in [-0.2, 0) is 11.3 Å². The maximum absolute atomic E-state index is 12.4. The first-order valence-corrected chi connectivity index (χ1v) is 8.52. The summed E-state index contributed by atoms with van der Waals surface area (Å²) in [5.41, 5.74) is 1.30. The van der Waals surface area contributed by atoms with Crippen molar-refractivity contribution in [3.05, 3.63) is 47.0 Å². The number of carbonyl (C=O) groups excluding carboxylic acids is 1. The fraction of sp³-hybridized carbons (Fsp3) is 0.412. The van der Waals surface area contributed by atoms with Gasteiger partial charge in [-0.2, -0.15) is 0 Å². The molecule has 3 rings (SSSR count). The van der Waals surface area contributed by atoms with E-state index < -0.39 is 0 Å². The van der Waals surface area contributed by atoms with Gasteiger partial charge in [-0.05, 0) is 31.9 Å². The van der Waals surface area contributed by atoms with Crippen molar-refractivity contribution in [1.29, 1.82) is 0 Å². The minimum Gasteiger partial charge on any atom is -0.302 e. The number of nitrogens with one attached hydrogen (secondary N) is 1. The molecule has 1 aliphatic rings. The monoisotopic (exact) mass is 315 g/mol. The van der Waals surface area contributed by atoms with Crippen molar-refractivity contribution < 1.29 is 4.79 Å². The van der Waals surface area contributed by atoms with Crippen LogP contribution in [0.3, 0.4) is 0 Å². The minimum atomic E-state index is 0.0571. The van der Waals surface area contributed by atoms with Crippen LogP contribution in [0.5, 0.6) is 0 Å². The molecule has 1 aromatic heterocycles. The third-order valence-corrected chi connectivity index (χ3v) is 4.80. The molecular formula is C17H21N3OS. The van der Waals surface area contributed by atoms with Gasteiger partial charge in [-0.1, -0.05) is 30.3 Å². The number of thiazole rings is 1. The molecule has 2 aromatic rings. The summed E-state index contributed by atoms with van der Waals surface area (Å²) in [7, 11) is 0. The number of hydrogen-bond acceptors (Lipinski definition) is 4. The molecule has 1 fully saturated rings. The Labute approximate surface area is 135 Å². The van der Waals surface area contributed by atoms with Gasteiger partial charge in [0, 0.05) is 24.2 Å². The number of likely N-dealkylation sites (tertiary alicyclic amines) is 1. The average Bonchev–Trinajstić information content (AvgIpc) is 2.93. The molecule has 116 valence electrons. The molecule has 0 radical (unpaired) electrons. The molecule has 1 saturated heterocycles. The number of carbonyl (C=O) groups is 1. The number of nitrogens with zero attached hydrogens (tertiary/aromatic N) is 2. The molecule has 4 nitrogen and oxygen atoms in total. The molecule has 1 amide bonds. The Kier molecular flexibility index (Phi) is 4.85. The predicted octanol–water partition coefficient (Wildman–Crippen LogP) is 3.30. The summed E-state index contributed by atoms with van der Waals surface area (Å²) in [5, 5.41) is 3.67. The zero-order valence-electron chi connectivity index (χ0n) is 12.8. The molecule has 1 aliphatic heterocycles. The third-order valence-electron chi connectivity index (χ3n) is 3.98. The Bertz CT molecular complexity index is 626. The van der Waals surface area contributed by atoms with Crippen LogP contribution >= 0.6 is 11.3 Å². The molecule has 0 aliphatic carbocycles. The van der Waals surface area contributed by atoms with Gasteiger partial charge in [0.2, 0.25) is 5.91 Å². The summed E-state index contributed by atoms with van der Waals surface area (Å²) in [6.07, 6.45) is 3.83. The lowest BCUT2D eigenvalue weighted by atomic mass is 9.97. The van der Waals surface area contributed by atoms with E-state index >= 15 is 0 Å². The molecule has 1 aromatic carbocycles. The number of hydrogen-bond donors (Lipinski definition) is 1. The Morgan fingerprint density at radius 3 is 2.95 bits per heavy atom. The van der Waals surface area contributed by atoms with Gasteiger partial charge in [-0.25, -0.2) is 4.98 Å². The van der Waals surface area contributed by atoms with Gasteiger partial charge in [0.15, 0.2) is 5.13 Å². The van der Waals surface area contributed by atoms with Crippen LogP contribution in [0.15, 0.2) is 36.5 Å². The van der Waals surface area contributed by atoms with Crippen LogP contribution in [0, 0.1) is 12.8 Å². The van der Waals surface area contributed by atoms with E-state index in [1.165, 1.54) is 16.9 Å². The van der Waals surface area contributed by atoms with Gasteiger partial charge in [0.05, 0.1) is 5.92 Å². The van der Waals surface area contributed by atoms with Crippen molar-refractivity contribution in [2.24, 2.45) is 5.92 Å². The van der Waals surface area contributed by atoms with Gasteiger partial charge in [0.1, 0.15) is 0 Å². The summed E-state index contributed by atoms with van der Waals surface area (Å²) in [4.78, 5) is 20.1. The molecule has 0 bridgehead atoms. The van der Waals surface area contributed by atoms with Crippen LogP contribution in [-0.4, -0.2) is 28.9 Å². The summed E-state index contributed by atoms with van der Waals surface area (Å²) in [6, 6.07) is 10.4. The number of amides is 1. The second-order valence-electron chi connectivity index (χ2n) is 5.83. The summed E-state index contributed by atoms with van der Waals surface area (Å²) >= 11 is 1.53. The molecule has 2 heterocycles. The highest BCUT2D eigenvalue weighted by atomic mass is 32.1. The number of piperidine rings is 1. The van der Waals surface area contributed by atoms with Crippen molar-refractivity contribution in [3.63, 3.8) is 0 Å². The standard InChI is InChI=1S/C17H21N3OS/c1-13-10-18-17(22-13)19-16(21)15-8-5-9-20(12-15)11-14-6-3-2-4-7-14/h2-4,6-7,10,15H,5,8-9,11-12H2,1H3,(H,18,19,21). The smallest absolute Gasteiger partial charge is 0.230 e. The lowest BCUT2D eigenvalue weighted by Gasteiger charge is -2.31. The molecule has 5 heteroatoms. The third kappa shape index (κ3) is 3.93. The van der Waals surface area contributed by atoms with Crippen LogP contribution in [0.25, 0.3) is 0 Å². The summed E-state index contributed by atoms with van der Waals surface area (Å²) < 4.78 is 0. The van der Waals surface area contributed by atoms with Crippen LogP contribution in [0.1, 0.15) is 23.3 Å². The Hall–Kier alpha value is -1.72. The number of aryl methyl sites for hydroxylation is 1. The zero-order valence-corrected chi connectivity index (χ0v) is 13.6. The van der Waals surface area contributed by atoms with E-state index in [9.17, 15) is 4.79 Å². The second-order valence-corrected chi connectivity index (χ2v) is 7.06. The van der Waals surface area contributed by atoms with Gasteiger partial charge in [-0.3, -0.25) is 9.69 Å². The van der Waals surface area contributed by atoms with Gasteiger partial charge >= 0.3 is 0 Å². The first-order valence-electron chi connectivity index (χ1n) is 7.70. The Morgan fingerprint density at radius 2 is 2.23 bits per heavy atom. The van der Waals surface area contributed by atoms with Crippen molar-refractivity contribution >= 4 is 22.4 Å². The summed E-state index contributed by atoms with van der Waals surface area (Å²) in [5.74, 6) is 0.161. The molecule has 0 spiro atoms. The quantitative estimate of drug-likeness (QED) is 0.941. The predicted molar refractivity (Wildman–Crippen MR) is 89.9 cm³/mol. The average molecular weight is 315 g/mol. The van der Waals surface area contributed by atoms with Crippen LogP contribution in [0.4, 0.5) is 5.13 Å². The molecular weight excluding hydrogens is 294 g/mol. The topological polar surface area (TPSA) is 45.2 Å². The van der Waals surface area contributed by atoms with Crippen LogP contribution in [0.2, 0.25) is 0 Å². The van der Waals surface area contributed by atoms with E-state index in [0.29, 0.717) is 5.13 Å². The largest absolute Gasteiger partial charge is 0.302 e. The van der Waals surface area contributed by atoms with Crippen LogP contribution < -0.4 is 5.32 Å². The van der Waals surface area contributed by atoms with E-state index in [-0.39, 0.29) is 11.8 Å². The number of aromatic nitrogens is 1. The molecule has 0 saturated carbocycles.